The highest BCUT2D eigenvalue weighted by Crippen LogP contribution is 2.37. The molecule has 0 radical (unpaired) electrons. The summed E-state index contributed by atoms with van der Waals surface area (Å²) in [6, 6.07) is -2.33. The highest BCUT2D eigenvalue weighted by atomic mass is 19.4. The van der Waals surface area contributed by atoms with E-state index in [9.17, 15) is 22.8 Å². The maximum absolute atomic E-state index is 12.9. The second-order valence-corrected chi connectivity index (χ2v) is 5.39. The van der Waals surface area contributed by atoms with E-state index in [1.54, 1.807) is 0 Å². The van der Waals surface area contributed by atoms with Crippen LogP contribution in [0.1, 0.15) is 27.2 Å². The standard InChI is InChI=1S/C11H16F3NO4/c1-10(2,3)19-9(18)15-5-4-6(8(16)17)7(15)11(12,13)14/h6-7H,4-5H2,1-3H3,(H,16,17)/t6-,7+/m1/s1. The van der Waals surface area contributed by atoms with Crippen molar-refractivity contribution in [3.05, 3.63) is 0 Å². The number of rotatable bonds is 1. The molecule has 0 unspecified atom stereocenters. The monoisotopic (exact) mass is 283 g/mol. The number of ether oxygens (including phenoxy) is 1. The number of carboxylic acid groups (broad SMARTS) is 1. The van der Waals surface area contributed by atoms with Crippen molar-refractivity contribution in [1.82, 2.24) is 4.90 Å². The number of hydrogen-bond acceptors (Lipinski definition) is 3. The molecule has 0 bridgehead atoms. The van der Waals surface area contributed by atoms with E-state index in [-0.39, 0.29) is 13.0 Å². The topological polar surface area (TPSA) is 66.8 Å². The molecule has 110 valence electrons. The number of carbonyl (C=O) groups is 2. The minimum absolute atomic E-state index is 0.237. The molecule has 8 heteroatoms. The van der Waals surface area contributed by atoms with Crippen molar-refractivity contribution in [3.63, 3.8) is 0 Å². The summed E-state index contributed by atoms with van der Waals surface area (Å²) in [5.41, 5.74) is -0.936. The van der Waals surface area contributed by atoms with Crippen LogP contribution in [0.15, 0.2) is 0 Å². The summed E-state index contributed by atoms with van der Waals surface area (Å²) in [5, 5.41) is 8.80. The number of nitrogens with zero attached hydrogens (tertiary/aromatic N) is 1. The molecule has 1 heterocycles. The summed E-state index contributed by atoms with van der Waals surface area (Å²) in [6.45, 7) is 4.30. The number of likely N-dealkylation sites (tertiary alicyclic amines) is 1. The fourth-order valence-electron chi connectivity index (χ4n) is 1.98. The summed E-state index contributed by atoms with van der Waals surface area (Å²) < 4.78 is 43.6. The molecule has 1 amide bonds. The number of alkyl halides is 3. The first-order valence-corrected chi connectivity index (χ1v) is 5.72. The van der Waals surface area contributed by atoms with Gasteiger partial charge in [-0.3, -0.25) is 9.69 Å². The van der Waals surface area contributed by atoms with Crippen molar-refractivity contribution in [1.29, 1.82) is 0 Å². The van der Waals surface area contributed by atoms with Crippen molar-refractivity contribution in [2.45, 2.75) is 45.0 Å². The average Bonchev–Trinajstić information content (AvgIpc) is 2.57. The summed E-state index contributed by atoms with van der Waals surface area (Å²) in [6.07, 6.45) is -6.17. The van der Waals surface area contributed by atoms with Crippen molar-refractivity contribution in [2.24, 2.45) is 5.92 Å². The Hall–Kier alpha value is -1.47. The van der Waals surface area contributed by atoms with Crippen LogP contribution in [0.2, 0.25) is 0 Å². The third-order valence-electron chi connectivity index (χ3n) is 2.68. The van der Waals surface area contributed by atoms with Crippen LogP contribution in [-0.4, -0.2) is 46.4 Å². The van der Waals surface area contributed by atoms with Crippen molar-refractivity contribution in [2.75, 3.05) is 6.54 Å². The lowest BCUT2D eigenvalue weighted by atomic mass is 10.0. The van der Waals surface area contributed by atoms with Gasteiger partial charge in [0.1, 0.15) is 11.6 Å². The minimum atomic E-state index is -4.80. The lowest BCUT2D eigenvalue weighted by Crippen LogP contribution is -2.50. The fourth-order valence-corrected chi connectivity index (χ4v) is 1.98. The molecule has 2 atom stereocenters. The Morgan fingerprint density at radius 1 is 1.26 bits per heavy atom. The molecular weight excluding hydrogens is 267 g/mol. The van der Waals surface area contributed by atoms with Crippen LogP contribution in [0.3, 0.4) is 0 Å². The van der Waals surface area contributed by atoms with Crippen LogP contribution in [-0.2, 0) is 9.53 Å². The molecule has 0 aliphatic carbocycles. The lowest BCUT2D eigenvalue weighted by Gasteiger charge is -2.30. The summed E-state index contributed by atoms with van der Waals surface area (Å²) in [4.78, 5) is 23.0. The van der Waals surface area contributed by atoms with Gasteiger partial charge in [0, 0.05) is 6.54 Å². The van der Waals surface area contributed by atoms with E-state index < -0.39 is 35.8 Å². The van der Waals surface area contributed by atoms with Gasteiger partial charge in [-0.25, -0.2) is 4.79 Å². The van der Waals surface area contributed by atoms with Gasteiger partial charge in [0.15, 0.2) is 0 Å². The van der Waals surface area contributed by atoms with E-state index >= 15 is 0 Å². The quantitative estimate of drug-likeness (QED) is 0.801. The van der Waals surface area contributed by atoms with Crippen LogP contribution in [0.5, 0.6) is 0 Å². The molecule has 19 heavy (non-hydrogen) atoms. The van der Waals surface area contributed by atoms with Crippen molar-refractivity contribution in [3.8, 4) is 0 Å². The second-order valence-electron chi connectivity index (χ2n) is 5.39. The van der Waals surface area contributed by atoms with Crippen LogP contribution < -0.4 is 0 Å². The van der Waals surface area contributed by atoms with Crippen molar-refractivity contribution < 1.29 is 32.6 Å². The Morgan fingerprint density at radius 2 is 1.79 bits per heavy atom. The Kier molecular flexibility index (Phi) is 4.02. The molecule has 1 aliphatic heterocycles. The predicted molar refractivity (Wildman–Crippen MR) is 58.5 cm³/mol. The van der Waals surface area contributed by atoms with Gasteiger partial charge in [-0.05, 0) is 27.2 Å². The van der Waals surface area contributed by atoms with Gasteiger partial charge >= 0.3 is 18.2 Å². The van der Waals surface area contributed by atoms with Crippen LogP contribution >= 0.6 is 0 Å². The molecule has 1 aliphatic rings. The normalized spacial score (nSPS) is 24.4. The molecule has 0 aromatic carbocycles. The van der Waals surface area contributed by atoms with Gasteiger partial charge in [0.05, 0.1) is 5.92 Å². The average molecular weight is 283 g/mol. The lowest BCUT2D eigenvalue weighted by molar-refractivity contribution is -0.189. The van der Waals surface area contributed by atoms with Gasteiger partial charge in [0.2, 0.25) is 0 Å². The molecule has 0 aromatic rings. The Balaban J connectivity index is 2.95. The molecule has 1 N–H and O–H groups in total. The van der Waals surface area contributed by atoms with E-state index in [1.807, 2.05) is 0 Å². The Morgan fingerprint density at radius 3 is 2.16 bits per heavy atom. The zero-order chi connectivity index (χ0) is 15.0. The summed E-state index contributed by atoms with van der Waals surface area (Å²) in [7, 11) is 0. The van der Waals surface area contributed by atoms with Crippen LogP contribution in [0.4, 0.5) is 18.0 Å². The molecule has 1 rings (SSSR count). The number of carbonyl (C=O) groups excluding carboxylic acids is 1. The van der Waals surface area contributed by atoms with Gasteiger partial charge in [-0.1, -0.05) is 0 Å². The molecule has 1 fully saturated rings. The first-order chi connectivity index (χ1) is 8.43. The number of carboxylic acids is 1. The largest absolute Gasteiger partial charge is 0.481 e. The second kappa shape index (κ2) is 4.90. The van der Waals surface area contributed by atoms with Crippen LogP contribution in [0.25, 0.3) is 0 Å². The van der Waals surface area contributed by atoms with Gasteiger partial charge < -0.3 is 9.84 Å². The molecule has 0 spiro atoms. The first kappa shape index (κ1) is 15.6. The van der Waals surface area contributed by atoms with Gasteiger partial charge in [0.25, 0.3) is 0 Å². The zero-order valence-corrected chi connectivity index (χ0v) is 10.8. The predicted octanol–water partition coefficient (Wildman–Crippen LogP) is 2.26. The van der Waals surface area contributed by atoms with E-state index in [0.717, 1.165) is 0 Å². The molecular formula is C11H16F3NO4. The minimum Gasteiger partial charge on any atom is -0.481 e. The van der Waals surface area contributed by atoms with E-state index in [1.165, 1.54) is 20.8 Å². The number of hydrogen-bond donors (Lipinski definition) is 1. The SMILES string of the molecule is CC(C)(C)OC(=O)N1CC[C@@H](C(=O)O)[C@H]1C(F)(F)F. The zero-order valence-electron chi connectivity index (χ0n) is 10.8. The molecule has 0 saturated carbocycles. The van der Waals surface area contributed by atoms with Crippen LogP contribution in [0, 0.1) is 5.92 Å². The van der Waals surface area contributed by atoms with E-state index in [4.69, 9.17) is 9.84 Å². The number of aliphatic carboxylic acids is 1. The third-order valence-corrected chi connectivity index (χ3v) is 2.68. The van der Waals surface area contributed by atoms with Gasteiger partial charge in [-0.15, -0.1) is 0 Å². The fraction of sp³-hybridized carbons (Fsp3) is 0.818. The van der Waals surface area contributed by atoms with Gasteiger partial charge in [-0.2, -0.15) is 13.2 Å². The highest BCUT2D eigenvalue weighted by Gasteiger charge is 2.56. The first-order valence-electron chi connectivity index (χ1n) is 5.72. The number of amides is 1. The number of halogens is 3. The highest BCUT2D eigenvalue weighted by molar-refractivity contribution is 5.75. The molecule has 5 nitrogen and oxygen atoms in total. The smallest absolute Gasteiger partial charge is 0.410 e. The Bertz CT molecular complexity index is 375. The third kappa shape index (κ3) is 3.74. The summed E-state index contributed by atoms with van der Waals surface area (Å²) >= 11 is 0. The Labute approximate surface area is 108 Å². The summed E-state index contributed by atoms with van der Waals surface area (Å²) in [5.74, 6) is -3.21. The maximum Gasteiger partial charge on any atom is 0.410 e. The van der Waals surface area contributed by atoms with E-state index in [0.29, 0.717) is 4.90 Å². The van der Waals surface area contributed by atoms with Crippen molar-refractivity contribution >= 4 is 12.1 Å². The maximum atomic E-state index is 12.9. The molecule has 1 saturated heterocycles. The molecule has 0 aromatic heterocycles. The van der Waals surface area contributed by atoms with E-state index in [2.05, 4.69) is 0 Å².